The highest BCUT2D eigenvalue weighted by Gasteiger charge is 2.20. The van der Waals surface area contributed by atoms with Crippen LogP contribution in [0, 0.1) is 0 Å². The molecule has 0 saturated carbocycles. The Morgan fingerprint density at radius 3 is 2.36 bits per heavy atom. The molecule has 0 unspecified atom stereocenters. The van der Waals surface area contributed by atoms with Gasteiger partial charge in [-0.15, -0.1) is 0 Å². The molecular weight excluding hydrogens is 173 g/mol. The number of rotatable bonds is 2. The number of nitrogens with zero attached hydrogens (tertiary/aromatic N) is 1. The predicted molar refractivity (Wildman–Crippen MR) is 59.6 cm³/mol. The van der Waals surface area contributed by atoms with E-state index in [0.717, 1.165) is 32.4 Å². The zero-order chi connectivity index (χ0) is 9.97. The molecule has 14 heavy (non-hydrogen) atoms. The second-order valence-corrected chi connectivity index (χ2v) is 3.70. The minimum absolute atomic E-state index is 0.180. The van der Waals surface area contributed by atoms with Crippen LogP contribution >= 0.6 is 0 Å². The van der Waals surface area contributed by atoms with Crippen molar-refractivity contribution in [3.63, 3.8) is 0 Å². The topological polar surface area (TPSA) is 20.3 Å². The van der Waals surface area contributed by atoms with E-state index in [9.17, 15) is 4.79 Å². The average molecular weight is 187 g/mol. The monoisotopic (exact) mass is 187 g/mol. The summed E-state index contributed by atoms with van der Waals surface area (Å²) in [6.45, 7) is 3.97. The Morgan fingerprint density at radius 2 is 1.93 bits per heavy atom. The van der Waals surface area contributed by atoms with E-state index in [1.54, 1.807) is 0 Å². The summed E-state index contributed by atoms with van der Waals surface area (Å²) in [6.07, 6.45) is 1.15. The van der Waals surface area contributed by atoms with Crippen molar-refractivity contribution in [1.29, 1.82) is 0 Å². The van der Waals surface area contributed by atoms with Crippen LogP contribution in [0.5, 0.6) is 0 Å². The van der Waals surface area contributed by atoms with Gasteiger partial charge in [-0.05, 0) is 6.42 Å². The maximum Gasteiger partial charge on any atom is 0.253 e. The number of hydrogen-bond acceptors (Lipinski definition) is 1. The first-order valence-corrected chi connectivity index (χ1v) is 5.19. The highest BCUT2D eigenvalue weighted by atomic mass is 16.2. The molecule has 2 nitrogen and oxygen atoms in total. The summed E-state index contributed by atoms with van der Waals surface area (Å²) in [6, 6.07) is 7.93. The van der Waals surface area contributed by atoms with E-state index in [4.69, 9.17) is 0 Å². The van der Waals surface area contributed by atoms with E-state index in [-0.39, 0.29) is 5.91 Å². The smallest absolute Gasteiger partial charge is 0.253 e. The zero-order valence-corrected chi connectivity index (χ0v) is 8.49. The van der Waals surface area contributed by atoms with E-state index in [0.29, 0.717) is 0 Å². The van der Waals surface area contributed by atoms with Gasteiger partial charge in [0.15, 0.2) is 7.28 Å². The van der Waals surface area contributed by atoms with Crippen molar-refractivity contribution in [2.45, 2.75) is 13.2 Å². The normalized spacial score (nSPS) is 14.8. The molecule has 0 N–H and O–H groups in total. The Morgan fingerprint density at radius 1 is 1.29 bits per heavy atom. The molecule has 1 aliphatic heterocycles. The lowest BCUT2D eigenvalue weighted by Crippen LogP contribution is -2.42. The van der Waals surface area contributed by atoms with Crippen LogP contribution in [0.4, 0.5) is 0 Å². The first kappa shape index (κ1) is 9.32. The van der Waals surface area contributed by atoms with Gasteiger partial charge < -0.3 is 4.90 Å². The van der Waals surface area contributed by atoms with Gasteiger partial charge in [0.05, 0.1) is 0 Å². The largest absolute Gasteiger partial charge is 0.339 e. The number of amides is 1. The van der Waals surface area contributed by atoms with Crippen molar-refractivity contribution in [2.24, 2.45) is 0 Å². The fourth-order valence-electron chi connectivity index (χ4n) is 1.58. The SMILES string of the molecule is CBc1ccc(C(=O)N2CCC2)cc1. The number of likely N-dealkylation sites (tertiary alicyclic amines) is 1. The fraction of sp³-hybridized carbons (Fsp3) is 0.364. The highest BCUT2D eigenvalue weighted by Crippen LogP contribution is 2.11. The van der Waals surface area contributed by atoms with Crippen molar-refractivity contribution in [2.75, 3.05) is 13.1 Å². The molecule has 1 heterocycles. The summed E-state index contributed by atoms with van der Waals surface area (Å²) in [5.41, 5.74) is 2.10. The predicted octanol–water partition coefficient (Wildman–Crippen LogP) is 0.642. The first-order valence-electron chi connectivity index (χ1n) is 5.19. The minimum Gasteiger partial charge on any atom is -0.339 e. The molecule has 0 atom stereocenters. The third kappa shape index (κ3) is 1.67. The molecule has 1 fully saturated rings. The second kappa shape index (κ2) is 3.87. The molecule has 0 bridgehead atoms. The van der Waals surface area contributed by atoms with Crippen LogP contribution in [0.2, 0.25) is 6.82 Å². The lowest BCUT2D eigenvalue weighted by Gasteiger charge is -2.30. The van der Waals surface area contributed by atoms with Gasteiger partial charge in [0.1, 0.15) is 0 Å². The summed E-state index contributed by atoms with van der Waals surface area (Å²) in [5.74, 6) is 0.180. The summed E-state index contributed by atoms with van der Waals surface area (Å²) in [4.78, 5) is 13.6. The summed E-state index contributed by atoms with van der Waals surface area (Å²) in [7, 11) is 1.03. The van der Waals surface area contributed by atoms with Crippen LogP contribution in [0.1, 0.15) is 16.8 Å². The molecule has 0 aromatic heterocycles. The van der Waals surface area contributed by atoms with Crippen LogP contribution in [-0.2, 0) is 0 Å². The van der Waals surface area contributed by atoms with Gasteiger partial charge in [-0.1, -0.05) is 36.6 Å². The van der Waals surface area contributed by atoms with E-state index in [1.165, 1.54) is 5.46 Å². The van der Waals surface area contributed by atoms with Crippen molar-refractivity contribution >= 4 is 18.6 Å². The molecule has 1 aromatic carbocycles. The zero-order valence-electron chi connectivity index (χ0n) is 8.49. The minimum atomic E-state index is 0.180. The van der Waals surface area contributed by atoms with E-state index in [1.807, 2.05) is 29.2 Å². The van der Waals surface area contributed by atoms with Gasteiger partial charge >= 0.3 is 0 Å². The van der Waals surface area contributed by atoms with Gasteiger partial charge in [-0.3, -0.25) is 4.79 Å². The van der Waals surface area contributed by atoms with Crippen molar-refractivity contribution in [3.8, 4) is 0 Å². The van der Waals surface area contributed by atoms with Crippen molar-refractivity contribution in [3.05, 3.63) is 29.8 Å². The van der Waals surface area contributed by atoms with E-state index < -0.39 is 0 Å². The molecule has 1 amide bonds. The molecule has 1 aliphatic rings. The first-order chi connectivity index (χ1) is 6.81. The maximum atomic E-state index is 11.8. The molecule has 0 spiro atoms. The third-order valence-electron chi connectivity index (χ3n) is 2.75. The molecule has 1 saturated heterocycles. The Balaban J connectivity index is 2.11. The van der Waals surface area contributed by atoms with Gasteiger partial charge in [-0.25, -0.2) is 0 Å². The lowest BCUT2D eigenvalue weighted by atomic mass is 9.73. The Bertz CT molecular complexity index is 330. The maximum absolute atomic E-state index is 11.8. The van der Waals surface area contributed by atoms with Gasteiger partial charge in [-0.2, -0.15) is 0 Å². The van der Waals surface area contributed by atoms with Gasteiger partial charge in [0.25, 0.3) is 5.91 Å². The summed E-state index contributed by atoms with van der Waals surface area (Å²) < 4.78 is 0. The molecular formula is C11H14BNO. The van der Waals surface area contributed by atoms with Crippen molar-refractivity contribution < 1.29 is 4.79 Å². The Hall–Kier alpha value is -1.25. The number of benzene rings is 1. The Kier molecular flexibility index (Phi) is 2.57. The van der Waals surface area contributed by atoms with E-state index in [2.05, 4.69) is 6.82 Å². The Labute approximate surface area is 85.2 Å². The second-order valence-electron chi connectivity index (χ2n) is 3.70. The third-order valence-corrected chi connectivity index (χ3v) is 2.75. The molecule has 0 radical (unpaired) electrons. The summed E-state index contributed by atoms with van der Waals surface area (Å²) in [5, 5.41) is 0. The quantitative estimate of drug-likeness (QED) is 0.622. The van der Waals surface area contributed by atoms with Gasteiger partial charge in [0.2, 0.25) is 0 Å². The molecule has 1 aromatic rings. The fourth-order valence-corrected chi connectivity index (χ4v) is 1.58. The number of carbonyl (C=O) groups excluding carboxylic acids is 1. The van der Waals surface area contributed by atoms with Crippen LogP contribution < -0.4 is 5.46 Å². The van der Waals surface area contributed by atoms with Crippen LogP contribution in [-0.4, -0.2) is 31.2 Å². The highest BCUT2D eigenvalue weighted by molar-refractivity contribution is 6.51. The lowest BCUT2D eigenvalue weighted by molar-refractivity contribution is 0.0652. The van der Waals surface area contributed by atoms with Crippen LogP contribution in [0.3, 0.4) is 0 Å². The standard InChI is InChI=1S/C11H14BNO/c1-12-10-5-3-9(4-6-10)11(14)13-7-2-8-13/h3-6,12H,2,7-8H2,1H3. The molecule has 2 rings (SSSR count). The van der Waals surface area contributed by atoms with Gasteiger partial charge in [0, 0.05) is 18.7 Å². The molecule has 3 heteroatoms. The van der Waals surface area contributed by atoms with Crippen molar-refractivity contribution in [1.82, 2.24) is 4.90 Å². The average Bonchev–Trinajstić information content (AvgIpc) is 2.15. The number of carbonyl (C=O) groups is 1. The van der Waals surface area contributed by atoms with Crippen LogP contribution in [0.25, 0.3) is 0 Å². The van der Waals surface area contributed by atoms with Crippen LogP contribution in [0.15, 0.2) is 24.3 Å². The molecule has 72 valence electrons. The van der Waals surface area contributed by atoms with E-state index >= 15 is 0 Å². The number of hydrogen-bond donors (Lipinski definition) is 0. The molecule has 0 aliphatic carbocycles. The summed E-state index contributed by atoms with van der Waals surface area (Å²) >= 11 is 0.